The highest BCUT2D eigenvalue weighted by Gasteiger charge is 2.42. The Morgan fingerprint density at radius 1 is 1.17 bits per heavy atom. The lowest BCUT2D eigenvalue weighted by Crippen LogP contribution is -2.51. The molecule has 4 rings (SSSR count). The molecule has 1 aliphatic rings. The van der Waals surface area contributed by atoms with E-state index in [1.807, 2.05) is 0 Å². The summed E-state index contributed by atoms with van der Waals surface area (Å²) in [5.74, 6) is -0.510. The van der Waals surface area contributed by atoms with Crippen molar-refractivity contribution in [1.29, 1.82) is 0 Å². The van der Waals surface area contributed by atoms with Crippen LogP contribution in [0.1, 0.15) is 23.2 Å². The molecule has 3 heterocycles. The number of halogens is 2. The van der Waals surface area contributed by atoms with Crippen LogP contribution in [0.4, 0.5) is 19.3 Å². The maximum absolute atomic E-state index is 14.4. The van der Waals surface area contributed by atoms with Crippen LogP contribution in [0.25, 0.3) is 0 Å². The number of rotatable bonds is 3. The number of benzene rings is 1. The van der Waals surface area contributed by atoms with Crippen LogP contribution >= 0.6 is 0 Å². The Morgan fingerprint density at radius 2 is 2.03 bits per heavy atom. The first-order chi connectivity index (χ1) is 14.0. The fraction of sp³-hybridized carbons (Fsp3) is 0.190. The van der Waals surface area contributed by atoms with E-state index < -0.39 is 17.5 Å². The van der Waals surface area contributed by atoms with Crippen molar-refractivity contribution in [1.82, 2.24) is 15.3 Å². The minimum Gasteiger partial charge on any atom is -0.491 e. The third-order valence-electron chi connectivity index (χ3n) is 4.89. The Kier molecular flexibility index (Phi) is 4.84. The number of anilines is 1. The standard InChI is InChI=1S/C21H18F2N4O2/c1-13-4-5-14(11-16(13)22)21(8-10-29-17-3-2-9-24-19(17)21)27-20(28)26-15-6-7-18(23)25-12-15/h2-7,9,11-12H,8,10H2,1H3,(H2,26,27,28)/t21-/m0/s1. The number of fused-ring (bicyclic) bond motifs is 1. The van der Waals surface area contributed by atoms with E-state index in [2.05, 4.69) is 20.6 Å². The van der Waals surface area contributed by atoms with Crippen LogP contribution in [-0.2, 0) is 5.54 Å². The topological polar surface area (TPSA) is 76.1 Å². The van der Waals surface area contributed by atoms with E-state index in [0.29, 0.717) is 41.3 Å². The van der Waals surface area contributed by atoms with Crippen LogP contribution in [0.2, 0.25) is 0 Å². The second-order valence-electron chi connectivity index (χ2n) is 6.77. The fourth-order valence-electron chi connectivity index (χ4n) is 3.40. The van der Waals surface area contributed by atoms with E-state index >= 15 is 0 Å². The number of nitrogens with one attached hydrogen (secondary N) is 2. The van der Waals surface area contributed by atoms with Crippen molar-refractivity contribution >= 4 is 11.7 Å². The van der Waals surface area contributed by atoms with Gasteiger partial charge < -0.3 is 15.4 Å². The van der Waals surface area contributed by atoms with Crippen molar-refractivity contribution in [3.63, 3.8) is 0 Å². The zero-order valence-corrected chi connectivity index (χ0v) is 15.6. The molecule has 0 fully saturated rings. The van der Waals surface area contributed by atoms with Gasteiger partial charge in [0.15, 0.2) is 0 Å². The minimum absolute atomic E-state index is 0.312. The van der Waals surface area contributed by atoms with Crippen LogP contribution in [0.5, 0.6) is 5.75 Å². The van der Waals surface area contributed by atoms with E-state index in [1.54, 1.807) is 37.4 Å². The van der Waals surface area contributed by atoms with Crippen LogP contribution in [0.3, 0.4) is 0 Å². The molecule has 0 unspecified atom stereocenters. The number of urea groups is 1. The molecular weight excluding hydrogens is 378 g/mol. The molecule has 0 radical (unpaired) electrons. The number of amides is 2. The molecule has 2 N–H and O–H groups in total. The van der Waals surface area contributed by atoms with Crippen LogP contribution in [0, 0.1) is 18.7 Å². The number of aryl methyl sites for hydroxylation is 1. The lowest BCUT2D eigenvalue weighted by molar-refractivity contribution is 0.200. The van der Waals surface area contributed by atoms with Gasteiger partial charge in [-0.1, -0.05) is 12.1 Å². The summed E-state index contributed by atoms with van der Waals surface area (Å²) in [5, 5.41) is 5.56. The van der Waals surface area contributed by atoms with Gasteiger partial charge in [0.2, 0.25) is 5.95 Å². The van der Waals surface area contributed by atoms with Gasteiger partial charge in [-0.3, -0.25) is 4.98 Å². The highest BCUT2D eigenvalue weighted by molar-refractivity contribution is 5.90. The van der Waals surface area contributed by atoms with Gasteiger partial charge in [-0.25, -0.2) is 14.2 Å². The van der Waals surface area contributed by atoms with Crippen molar-refractivity contribution in [3.05, 3.63) is 83.4 Å². The average molecular weight is 396 g/mol. The third kappa shape index (κ3) is 3.61. The zero-order valence-electron chi connectivity index (χ0n) is 15.6. The molecular formula is C21H18F2N4O2. The second kappa shape index (κ2) is 7.46. The summed E-state index contributed by atoms with van der Waals surface area (Å²) < 4.78 is 33.1. The Hall–Kier alpha value is -3.55. The summed E-state index contributed by atoms with van der Waals surface area (Å²) in [6.45, 7) is 1.98. The fourth-order valence-corrected chi connectivity index (χ4v) is 3.40. The lowest BCUT2D eigenvalue weighted by atomic mass is 9.81. The van der Waals surface area contributed by atoms with E-state index in [1.165, 1.54) is 18.3 Å². The Labute approximate surface area is 166 Å². The normalized spacial score (nSPS) is 17.8. The summed E-state index contributed by atoms with van der Waals surface area (Å²) in [6.07, 6.45) is 3.16. The van der Waals surface area contributed by atoms with Crippen molar-refractivity contribution in [2.45, 2.75) is 18.9 Å². The maximum Gasteiger partial charge on any atom is 0.320 e. The molecule has 0 aliphatic carbocycles. The maximum atomic E-state index is 14.4. The molecule has 0 bridgehead atoms. The number of ether oxygens (including phenoxy) is 1. The van der Waals surface area contributed by atoms with Crippen molar-refractivity contribution in [3.8, 4) is 5.75 Å². The quantitative estimate of drug-likeness (QED) is 0.658. The summed E-state index contributed by atoms with van der Waals surface area (Å²) in [6, 6.07) is 10.3. The number of carbonyl (C=O) groups is 1. The minimum atomic E-state index is -1.10. The number of carbonyl (C=O) groups excluding carboxylic acids is 1. The van der Waals surface area contributed by atoms with Gasteiger partial charge >= 0.3 is 6.03 Å². The Morgan fingerprint density at radius 3 is 2.79 bits per heavy atom. The summed E-state index contributed by atoms with van der Waals surface area (Å²) in [5.41, 5.74) is 0.764. The van der Waals surface area contributed by atoms with Crippen molar-refractivity contribution < 1.29 is 18.3 Å². The predicted molar refractivity (Wildman–Crippen MR) is 103 cm³/mol. The molecule has 6 nitrogen and oxygen atoms in total. The zero-order chi connectivity index (χ0) is 20.4. The first-order valence-corrected chi connectivity index (χ1v) is 9.03. The van der Waals surface area contributed by atoms with Crippen LogP contribution in [0.15, 0.2) is 54.9 Å². The molecule has 29 heavy (non-hydrogen) atoms. The Balaban J connectivity index is 1.74. The second-order valence-corrected chi connectivity index (χ2v) is 6.77. The van der Waals surface area contributed by atoms with Gasteiger partial charge in [-0.05, 0) is 48.4 Å². The highest BCUT2D eigenvalue weighted by atomic mass is 19.1. The molecule has 8 heteroatoms. The van der Waals surface area contributed by atoms with Crippen LogP contribution < -0.4 is 15.4 Å². The van der Waals surface area contributed by atoms with E-state index in [0.717, 1.165) is 6.07 Å². The summed E-state index contributed by atoms with van der Waals surface area (Å²) >= 11 is 0. The summed E-state index contributed by atoms with van der Waals surface area (Å²) in [4.78, 5) is 20.7. The van der Waals surface area contributed by atoms with Gasteiger partial charge in [0.1, 0.15) is 22.8 Å². The summed E-state index contributed by atoms with van der Waals surface area (Å²) in [7, 11) is 0. The third-order valence-corrected chi connectivity index (χ3v) is 4.89. The average Bonchev–Trinajstić information content (AvgIpc) is 2.72. The molecule has 2 amide bonds. The number of pyridine rings is 2. The number of aromatic nitrogens is 2. The van der Waals surface area contributed by atoms with Gasteiger partial charge in [0, 0.05) is 12.6 Å². The highest BCUT2D eigenvalue weighted by Crippen LogP contribution is 2.40. The Bertz CT molecular complexity index is 1060. The van der Waals surface area contributed by atoms with E-state index in [-0.39, 0.29) is 5.82 Å². The van der Waals surface area contributed by atoms with Gasteiger partial charge in [0.05, 0.1) is 18.5 Å². The van der Waals surface area contributed by atoms with Crippen molar-refractivity contribution in [2.24, 2.45) is 0 Å². The molecule has 0 saturated heterocycles. The van der Waals surface area contributed by atoms with Gasteiger partial charge in [-0.15, -0.1) is 0 Å². The largest absolute Gasteiger partial charge is 0.491 e. The molecule has 148 valence electrons. The first kappa shape index (κ1) is 18.8. The molecule has 1 aromatic carbocycles. The monoisotopic (exact) mass is 396 g/mol. The molecule has 2 aromatic heterocycles. The lowest BCUT2D eigenvalue weighted by Gasteiger charge is -2.39. The molecule has 1 aliphatic heterocycles. The number of nitrogens with zero attached hydrogens (tertiary/aromatic N) is 2. The van der Waals surface area contributed by atoms with Crippen molar-refractivity contribution in [2.75, 3.05) is 11.9 Å². The molecule has 0 spiro atoms. The van der Waals surface area contributed by atoms with Gasteiger partial charge in [-0.2, -0.15) is 4.39 Å². The smallest absolute Gasteiger partial charge is 0.320 e. The van der Waals surface area contributed by atoms with Crippen LogP contribution in [-0.4, -0.2) is 22.6 Å². The molecule has 3 aromatic rings. The molecule has 1 atom stereocenters. The van der Waals surface area contributed by atoms with E-state index in [9.17, 15) is 13.6 Å². The number of hydrogen-bond acceptors (Lipinski definition) is 4. The van der Waals surface area contributed by atoms with E-state index in [4.69, 9.17) is 4.74 Å². The molecule has 0 saturated carbocycles. The number of hydrogen-bond donors (Lipinski definition) is 2. The first-order valence-electron chi connectivity index (χ1n) is 9.03. The predicted octanol–water partition coefficient (Wildman–Crippen LogP) is 3.91. The van der Waals surface area contributed by atoms with Gasteiger partial charge in [0.25, 0.3) is 0 Å². The SMILES string of the molecule is Cc1ccc([C@@]2(NC(=O)Nc3ccc(F)nc3)CCOc3cccnc32)cc1F.